The highest BCUT2D eigenvalue weighted by atomic mass is 16.5. The standard InChI is InChI=1S/C9H14N2O3/c1-14-8-3-2-6(5-11-8)7(10)4-9(12)13/h2,5,7-8H,3-4,10H2,1H3,(H,12,13)/t7-,8?/m1/s1. The third-order valence-electron chi connectivity index (χ3n) is 2.04. The molecular weight excluding hydrogens is 184 g/mol. The molecule has 0 aromatic carbocycles. The maximum absolute atomic E-state index is 10.4. The molecule has 78 valence electrons. The number of ether oxygens (including phenoxy) is 1. The van der Waals surface area contributed by atoms with Crippen molar-refractivity contribution in [2.24, 2.45) is 10.7 Å². The number of carboxylic acids is 1. The molecule has 0 radical (unpaired) electrons. The average Bonchev–Trinajstić information content (AvgIpc) is 2.17. The molecule has 1 rings (SSSR count). The van der Waals surface area contributed by atoms with Crippen LogP contribution in [0.3, 0.4) is 0 Å². The second kappa shape index (κ2) is 4.88. The summed E-state index contributed by atoms with van der Waals surface area (Å²) in [4.78, 5) is 14.5. The Labute approximate surface area is 82.3 Å². The van der Waals surface area contributed by atoms with E-state index in [2.05, 4.69) is 4.99 Å². The lowest BCUT2D eigenvalue weighted by Crippen LogP contribution is -2.28. The monoisotopic (exact) mass is 198 g/mol. The van der Waals surface area contributed by atoms with Crippen molar-refractivity contribution >= 4 is 12.2 Å². The summed E-state index contributed by atoms with van der Waals surface area (Å²) < 4.78 is 5.00. The van der Waals surface area contributed by atoms with Crippen LogP contribution < -0.4 is 5.73 Å². The number of methoxy groups -OCH3 is 1. The molecule has 1 aliphatic rings. The first kappa shape index (κ1) is 10.9. The SMILES string of the molecule is COC1CC=C([C@H](N)CC(=O)O)C=N1. The van der Waals surface area contributed by atoms with Crippen LogP contribution in [0.5, 0.6) is 0 Å². The fraction of sp³-hybridized carbons (Fsp3) is 0.556. The van der Waals surface area contributed by atoms with Gasteiger partial charge in [-0.15, -0.1) is 0 Å². The Kier molecular flexibility index (Phi) is 3.79. The van der Waals surface area contributed by atoms with Gasteiger partial charge in [-0.2, -0.15) is 0 Å². The van der Waals surface area contributed by atoms with Gasteiger partial charge in [0.1, 0.15) is 0 Å². The largest absolute Gasteiger partial charge is 0.481 e. The highest BCUT2D eigenvalue weighted by Crippen LogP contribution is 2.12. The lowest BCUT2D eigenvalue weighted by molar-refractivity contribution is -0.137. The number of nitrogens with two attached hydrogens (primary N) is 1. The Morgan fingerprint density at radius 3 is 3.07 bits per heavy atom. The van der Waals surface area contributed by atoms with Gasteiger partial charge in [-0.3, -0.25) is 9.79 Å². The summed E-state index contributed by atoms with van der Waals surface area (Å²) >= 11 is 0. The van der Waals surface area contributed by atoms with Gasteiger partial charge >= 0.3 is 5.97 Å². The zero-order chi connectivity index (χ0) is 10.6. The van der Waals surface area contributed by atoms with E-state index in [9.17, 15) is 4.79 Å². The van der Waals surface area contributed by atoms with Crippen LogP contribution in [0.15, 0.2) is 16.6 Å². The maximum atomic E-state index is 10.4. The van der Waals surface area contributed by atoms with Crippen LogP contribution in [0, 0.1) is 0 Å². The predicted molar refractivity (Wildman–Crippen MR) is 52.2 cm³/mol. The quantitative estimate of drug-likeness (QED) is 0.674. The smallest absolute Gasteiger partial charge is 0.305 e. The van der Waals surface area contributed by atoms with E-state index in [4.69, 9.17) is 15.6 Å². The zero-order valence-corrected chi connectivity index (χ0v) is 8.01. The van der Waals surface area contributed by atoms with Crippen LogP contribution in [0.2, 0.25) is 0 Å². The van der Waals surface area contributed by atoms with E-state index in [1.54, 1.807) is 13.3 Å². The lowest BCUT2D eigenvalue weighted by atomic mass is 10.0. The van der Waals surface area contributed by atoms with Crippen LogP contribution in [0.1, 0.15) is 12.8 Å². The van der Waals surface area contributed by atoms with Gasteiger partial charge in [0.05, 0.1) is 6.42 Å². The fourth-order valence-corrected chi connectivity index (χ4v) is 1.23. The number of hydrogen-bond donors (Lipinski definition) is 2. The molecule has 1 unspecified atom stereocenters. The maximum Gasteiger partial charge on any atom is 0.305 e. The molecule has 3 N–H and O–H groups in total. The van der Waals surface area contributed by atoms with E-state index in [0.717, 1.165) is 5.57 Å². The highest BCUT2D eigenvalue weighted by molar-refractivity contribution is 5.82. The molecule has 0 aromatic rings. The van der Waals surface area contributed by atoms with Gasteiger partial charge in [-0.25, -0.2) is 0 Å². The van der Waals surface area contributed by atoms with Crippen molar-refractivity contribution < 1.29 is 14.6 Å². The van der Waals surface area contributed by atoms with Crippen LogP contribution in [0.25, 0.3) is 0 Å². The Morgan fingerprint density at radius 2 is 2.64 bits per heavy atom. The summed E-state index contributed by atoms with van der Waals surface area (Å²) in [7, 11) is 1.58. The summed E-state index contributed by atoms with van der Waals surface area (Å²) in [5, 5.41) is 8.54. The molecule has 5 heteroatoms. The third kappa shape index (κ3) is 2.93. The molecule has 0 saturated carbocycles. The Hall–Kier alpha value is -1.20. The third-order valence-corrected chi connectivity index (χ3v) is 2.04. The van der Waals surface area contributed by atoms with Crippen molar-refractivity contribution in [2.75, 3.05) is 7.11 Å². The number of rotatable bonds is 4. The first-order valence-corrected chi connectivity index (χ1v) is 4.37. The second-order valence-electron chi connectivity index (χ2n) is 3.11. The first-order chi connectivity index (χ1) is 6.63. The van der Waals surface area contributed by atoms with Gasteiger partial charge in [0, 0.05) is 25.8 Å². The summed E-state index contributed by atoms with van der Waals surface area (Å²) in [5.74, 6) is -0.902. The number of carbonyl (C=O) groups is 1. The van der Waals surface area contributed by atoms with Crippen LogP contribution in [0.4, 0.5) is 0 Å². The van der Waals surface area contributed by atoms with Crippen molar-refractivity contribution in [3.05, 3.63) is 11.6 Å². The molecular formula is C9H14N2O3. The molecule has 14 heavy (non-hydrogen) atoms. The molecule has 0 fully saturated rings. The normalized spacial score (nSPS) is 23.0. The minimum Gasteiger partial charge on any atom is -0.481 e. The van der Waals surface area contributed by atoms with E-state index in [0.29, 0.717) is 6.42 Å². The van der Waals surface area contributed by atoms with Gasteiger partial charge in [0.15, 0.2) is 6.23 Å². The molecule has 0 bridgehead atoms. The fourth-order valence-electron chi connectivity index (χ4n) is 1.23. The topological polar surface area (TPSA) is 84.9 Å². The van der Waals surface area contributed by atoms with Crippen molar-refractivity contribution in [1.29, 1.82) is 0 Å². The number of aliphatic imine (C=N–C) groups is 1. The number of dihydropyridines is 1. The van der Waals surface area contributed by atoms with Gasteiger partial charge in [0.25, 0.3) is 0 Å². The molecule has 0 saturated heterocycles. The van der Waals surface area contributed by atoms with Crippen molar-refractivity contribution in [3.63, 3.8) is 0 Å². The summed E-state index contributed by atoms with van der Waals surface area (Å²) in [6.07, 6.45) is 3.88. The van der Waals surface area contributed by atoms with E-state index in [1.165, 1.54) is 0 Å². The molecule has 2 atom stereocenters. The minimum atomic E-state index is -0.902. The van der Waals surface area contributed by atoms with Gasteiger partial charge < -0.3 is 15.6 Å². The molecule has 1 aliphatic heterocycles. The van der Waals surface area contributed by atoms with Crippen LogP contribution in [-0.4, -0.2) is 36.7 Å². The minimum absolute atomic E-state index is 0.0739. The van der Waals surface area contributed by atoms with Gasteiger partial charge in [-0.1, -0.05) is 6.08 Å². The van der Waals surface area contributed by atoms with Crippen LogP contribution in [-0.2, 0) is 9.53 Å². The van der Waals surface area contributed by atoms with Crippen molar-refractivity contribution in [2.45, 2.75) is 25.1 Å². The first-order valence-electron chi connectivity index (χ1n) is 4.37. The lowest BCUT2D eigenvalue weighted by Gasteiger charge is -2.17. The predicted octanol–water partition coefficient (Wildman–Crippen LogP) is 0.162. The second-order valence-corrected chi connectivity index (χ2v) is 3.11. The number of nitrogens with zero attached hydrogens (tertiary/aromatic N) is 1. The van der Waals surface area contributed by atoms with E-state index in [1.807, 2.05) is 6.08 Å². The summed E-state index contributed by atoms with van der Waals surface area (Å²) in [6.45, 7) is 0. The highest BCUT2D eigenvalue weighted by Gasteiger charge is 2.15. The van der Waals surface area contributed by atoms with Crippen LogP contribution >= 0.6 is 0 Å². The van der Waals surface area contributed by atoms with E-state index in [-0.39, 0.29) is 12.6 Å². The number of carboxylic acid groups (broad SMARTS) is 1. The Morgan fingerprint density at radius 1 is 1.93 bits per heavy atom. The average molecular weight is 198 g/mol. The summed E-state index contributed by atoms with van der Waals surface area (Å²) in [5.41, 5.74) is 6.42. The molecule has 5 nitrogen and oxygen atoms in total. The van der Waals surface area contributed by atoms with Gasteiger partial charge in [0.2, 0.25) is 0 Å². The van der Waals surface area contributed by atoms with Crippen molar-refractivity contribution in [3.8, 4) is 0 Å². The molecule has 0 spiro atoms. The molecule has 1 heterocycles. The zero-order valence-electron chi connectivity index (χ0n) is 8.01. The Bertz CT molecular complexity index is 273. The van der Waals surface area contributed by atoms with Crippen molar-refractivity contribution in [1.82, 2.24) is 0 Å². The Balaban J connectivity index is 2.51. The molecule has 0 aliphatic carbocycles. The molecule has 0 aromatic heterocycles. The number of hydrogen-bond acceptors (Lipinski definition) is 4. The number of aliphatic carboxylic acids is 1. The van der Waals surface area contributed by atoms with Gasteiger partial charge in [-0.05, 0) is 5.57 Å². The summed E-state index contributed by atoms with van der Waals surface area (Å²) in [6, 6.07) is -0.478. The van der Waals surface area contributed by atoms with E-state index < -0.39 is 12.0 Å². The van der Waals surface area contributed by atoms with E-state index >= 15 is 0 Å². The molecule has 0 amide bonds.